The van der Waals surface area contributed by atoms with Crippen LogP contribution in [0.3, 0.4) is 0 Å². The van der Waals surface area contributed by atoms with E-state index in [0.717, 1.165) is 11.6 Å². The van der Waals surface area contributed by atoms with Gasteiger partial charge in [-0.05, 0) is 56.5 Å². The fraction of sp³-hybridized carbons (Fsp3) is 0.450. The van der Waals surface area contributed by atoms with E-state index in [0.29, 0.717) is 17.6 Å². The first-order valence-corrected chi connectivity index (χ1v) is 7.37. The third kappa shape index (κ3) is 5.88. The Kier molecular flexibility index (Phi) is 4.24. The van der Waals surface area contributed by atoms with Gasteiger partial charge in [0.15, 0.2) is 0 Å². The third-order valence-electron chi connectivity index (χ3n) is 3.63. The molecule has 0 radical (unpaired) electrons. The van der Waals surface area contributed by atoms with Crippen LogP contribution < -0.4 is 0 Å². The molecule has 2 heteroatoms. The molecule has 0 fully saturated rings. The highest BCUT2D eigenvalue weighted by Gasteiger charge is 2.26. The molecule has 1 rings (SSSR count). The summed E-state index contributed by atoms with van der Waals surface area (Å²) in [5, 5.41) is 8.68. The van der Waals surface area contributed by atoms with Gasteiger partial charge in [0.05, 0.1) is 0 Å². The summed E-state index contributed by atoms with van der Waals surface area (Å²) in [5.74, 6) is -1.00. The van der Waals surface area contributed by atoms with Gasteiger partial charge in [-0.15, -0.1) is 0 Å². The van der Waals surface area contributed by atoms with Crippen LogP contribution in [-0.2, 0) is 4.79 Å². The lowest BCUT2D eigenvalue weighted by atomic mass is 9.72. The van der Waals surface area contributed by atoms with Crippen LogP contribution in [0.4, 0.5) is 0 Å². The third-order valence-corrected chi connectivity index (χ3v) is 3.63. The van der Waals surface area contributed by atoms with Crippen LogP contribution in [0.1, 0.15) is 60.6 Å². The highest BCUT2D eigenvalue weighted by atomic mass is 16.4. The standard InChI is InChI=1S/C20H28O2/c1-15(8-6-9-16(2)14-19(21)22)11-12-18-17(3)10-7-13-20(18,4)5/h6,8-9,11-12,14H,7,10,13H2,1-5H3,(H,21,22)/b9-6+,12-11+,15-8-,16-14-/i3D3,10D2. The van der Waals surface area contributed by atoms with Crippen LogP contribution in [0.5, 0.6) is 0 Å². The lowest BCUT2D eigenvalue weighted by Crippen LogP contribution is -2.19. The van der Waals surface area contributed by atoms with Crippen molar-refractivity contribution in [3.63, 3.8) is 0 Å². The number of aliphatic carboxylic acids is 1. The molecule has 0 atom stereocenters. The fourth-order valence-corrected chi connectivity index (χ4v) is 2.24. The number of hydrogen-bond donors (Lipinski definition) is 1. The molecule has 0 heterocycles. The SMILES string of the molecule is [2H]C([2H])([2H])C1=C(/C=C/C(C)=C\C=C\C(C)=C/C(=O)O)C(C)(C)CCC1([2H])[2H]. The summed E-state index contributed by atoms with van der Waals surface area (Å²) in [6, 6.07) is 0. The number of carbonyl (C=O) groups is 1. The molecule has 0 unspecified atom stereocenters. The minimum absolute atomic E-state index is 0.105. The smallest absolute Gasteiger partial charge is 0.328 e. The van der Waals surface area contributed by atoms with E-state index in [1.165, 1.54) is 0 Å². The van der Waals surface area contributed by atoms with Crippen molar-refractivity contribution in [3.05, 3.63) is 58.7 Å². The summed E-state index contributed by atoms with van der Waals surface area (Å²) in [6.45, 7) is 4.91. The Morgan fingerprint density at radius 1 is 1.32 bits per heavy atom. The lowest BCUT2D eigenvalue weighted by Gasteiger charge is -2.32. The van der Waals surface area contributed by atoms with E-state index < -0.39 is 24.6 Å². The number of rotatable bonds is 5. The zero-order valence-electron chi connectivity index (χ0n) is 18.7. The number of hydrogen-bond acceptors (Lipinski definition) is 1. The zero-order valence-corrected chi connectivity index (χ0v) is 13.7. The monoisotopic (exact) mass is 305 g/mol. The van der Waals surface area contributed by atoms with Crippen molar-refractivity contribution in [2.75, 3.05) is 0 Å². The van der Waals surface area contributed by atoms with Crippen LogP contribution in [0.2, 0.25) is 0 Å². The average Bonchev–Trinajstić information content (AvgIpc) is 2.46. The molecule has 0 saturated carbocycles. The summed E-state index contributed by atoms with van der Waals surface area (Å²) in [5.41, 5.74) is 1.43. The van der Waals surface area contributed by atoms with Crippen molar-refractivity contribution >= 4 is 5.97 Å². The van der Waals surface area contributed by atoms with Crippen molar-refractivity contribution in [2.45, 2.75) is 53.8 Å². The Bertz CT molecular complexity index is 732. The van der Waals surface area contributed by atoms with Gasteiger partial charge in [-0.1, -0.05) is 55.4 Å². The maximum absolute atomic E-state index is 10.6. The summed E-state index contributed by atoms with van der Waals surface area (Å²) in [7, 11) is 0. The quantitative estimate of drug-likeness (QED) is 0.530. The van der Waals surface area contributed by atoms with E-state index in [-0.39, 0.29) is 12.0 Å². The molecule has 120 valence electrons. The van der Waals surface area contributed by atoms with Crippen molar-refractivity contribution in [3.8, 4) is 0 Å². The minimum Gasteiger partial charge on any atom is -0.478 e. The van der Waals surface area contributed by atoms with Crippen molar-refractivity contribution < 1.29 is 16.8 Å². The summed E-state index contributed by atoms with van der Waals surface area (Å²) in [4.78, 5) is 10.6. The van der Waals surface area contributed by atoms with Crippen molar-refractivity contribution in [1.82, 2.24) is 0 Å². The molecule has 22 heavy (non-hydrogen) atoms. The van der Waals surface area contributed by atoms with Gasteiger partial charge in [0, 0.05) is 12.9 Å². The van der Waals surface area contributed by atoms with E-state index in [4.69, 9.17) is 12.0 Å². The Hall–Kier alpha value is -1.83. The van der Waals surface area contributed by atoms with Crippen LogP contribution in [-0.4, -0.2) is 11.1 Å². The first kappa shape index (κ1) is 11.7. The van der Waals surface area contributed by atoms with Crippen LogP contribution in [0.15, 0.2) is 58.7 Å². The summed E-state index contributed by atoms with van der Waals surface area (Å²) >= 11 is 0. The van der Waals surface area contributed by atoms with Gasteiger partial charge in [0.1, 0.15) is 0 Å². The fourth-order valence-electron chi connectivity index (χ4n) is 2.24. The molecule has 1 N–H and O–H groups in total. The van der Waals surface area contributed by atoms with Crippen LogP contribution in [0.25, 0.3) is 0 Å². The Morgan fingerprint density at radius 3 is 2.68 bits per heavy atom. The van der Waals surface area contributed by atoms with Gasteiger partial charge in [0.2, 0.25) is 0 Å². The molecule has 0 aliphatic heterocycles. The number of allylic oxidation sites excluding steroid dienone is 9. The molecule has 0 aromatic rings. The second-order valence-electron chi connectivity index (χ2n) is 6.18. The first-order valence-electron chi connectivity index (χ1n) is 9.87. The molecular weight excluding hydrogens is 272 g/mol. The molecular formula is C20H28O2. The van der Waals surface area contributed by atoms with Gasteiger partial charge in [-0.3, -0.25) is 0 Å². The number of carboxylic acid groups (broad SMARTS) is 1. The van der Waals surface area contributed by atoms with E-state index in [2.05, 4.69) is 0 Å². The van der Waals surface area contributed by atoms with E-state index in [9.17, 15) is 4.79 Å². The van der Waals surface area contributed by atoms with Crippen molar-refractivity contribution in [1.29, 1.82) is 0 Å². The van der Waals surface area contributed by atoms with E-state index >= 15 is 0 Å². The Morgan fingerprint density at radius 2 is 2.05 bits per heavy atom. The molecule has 2 nitrogen and oxygen atoms in total. The second kappa shape index (κ2) is 7.98. The highest BCUT2D eigenvalue weighted by molar-refractivity contribution is 5.81. The lowest BCUT2D eigenvalue weighted by molar-refractivity contribution is -0.131. The van der Waals surface area contributed by atoms with Gasteiger partial charge < -0.3 is 5.11 Å². The first-order chi connectivity index (χ1) is 12.2. The van der Waals surface area contributed by atoms with Crippen LogP contribution >= 0.6 is 0 Å². The summed E-state index contributed by atoms with van der Waals surface area (Å²) < 4.78 is 39.8. The topological polar surface area (TPSA) is 37.3 Å². The minimum atomic E-state index is -2.49. The molecule has 1 aliphatic rings. The summed E-state index contributed by atoms with van der Waals surface area (Å²) in [6.07, 6.45) is 8.67. The van der Waals surface area contributed by atoms with Gasteiger partial charge >= 0.3 is 5.97 Å². The Labute approximate surface area is 141 Å². The van der Waals surface area contributed by atoms with Gasteiger partial charge in [0.25, 0.3) is 0 Å². The predicted molar refractivity (Wildman–Crippen MR) is 93.8 cm³/mol. The largest absolute Gasteiger partial charge is 0.478 e. The number of carboxylic acids is 1. The van der Waals surface area contributed by atoms with E-state index in [1.54, 1.807) is 37.3 Å². The molecule has 1 aliphatic carbocycles. The van der Waals surface area contributed by atoms with E-state index in [1.807, 2.05) is 20.8 Å². The predicted octanol–water partition coefficient (Wildman–Crippen LogP) is 5.60. The molecule has 0 spiro atoms. The highest BCUT2D eigenvalue weighted by Crippen LogP contribution is 2.40. The second-order valence-corrected chi connectivity index (χ2v) is 6.18. The molecule has 0 bridgehead atoms. The molecule has 0 aromatic heterocycles. The zero-order chi connectivity index (χ0) is 21.0. The van der Waals surface area contributed by atoms with Gasteiger partial charge in [-0.25, -0.2) is 4.79 Å². The molecule has 0 aromatic carbocycles. The molecule has 0 amide bonds. The maximum Gasteiger partial charge on any atom is 0.328 e. The molecule has 0 saturated heterocycles. The van der Waals surface area contributed by atoms with Crippen LogP contribution in [0, 0.1) is 5.41 Å². The maximum atomic E-state index is 10.6. The average molecular weight is 305 g/mol. The normalized spacial score (nSPS) is 26.5. The Balaban J connectivity index is 3.24. The van der Waals surface area contributed by atoms with Gasteiger partial charge in [-0.2, -0.15) is 0 Å². The van der Waals surface area contributed by atoms with Crippen molar-refractivity contribution in [2.24, 2.45) is 5.41 Å².